The Bertz CT molecular complexity index is 1320. The Hall–Kier alpha value is -4.39. The molecule has 2 aliphatic rings. The molecule has 0 unspecified atom stereocenters. The maximum Gasteiger partial charge on any atom is 0.322 e. The molecule has 154 valence electrons. The number of fused-ring (bicyclic) bond motifs is 2. The van der Waals surface area contributed by atoms with Crippen molar-refractivity contribution in [2.45, 2.75) is 12.1 Å². The van der Waals surface area contributed by atoms with Gasteiger partial charge in [-0.15, -0.1) is 4.98 Å². The molecule has 10 heteroatoms. The Balaban J connectivity index is 1.55. The fourth-order valence-electron chi connectivity index (χ4n) is 3.92. The van der Waals surface area contributed by atoms with Gasteiger partial charge < -0.3 is 24.2 Å². The lowest BCUT2D eigenvalue weighted by Gasteiger charge is -2.28. The highest BCUT2D eigenvalue weighted by Gasteiger charge is 2.53. The van der Waals surface area contributed by atoms with E-state index in [1.807, 2.05) is 0 Å². The normalized spacial score (nSPS) is 19.9. The molecular formula is C21H15N5O5. The summed E-state index contributed by atoms with van der Waals surface area (Å²) in [4.78, 5) is 46.9. The molecule has 10 nitrogen and oxygen atoms in total. The Labute approximate surface area is 175 Å². The molecule has 1 saturated heterocycles. The van der Waals surface area contributed by atoms with Gasteiger partial charge in [0.15, 0.2) is 16.6 Å². The van der Waals surface area contributed by atoms with Crippen LogP contribution in [0.5, 0.6) is 5.75 Å². The van der Waals surface area contributed by atoms with Crippen LogP contribution in [0.15, 0.2) is 40.8 Å². The van der Waals surface area contributed by atoms with Gasteiger partial charge in [-0.05, 0) is 29.8 Å². The first kappa shape index (κ1) is 18.6. The number of urea groups is 1. The Morgan fingerprint density at radius 2 is 2.10 bits per heavy atom. The lowest BCUT2D eigenvalue weighted by molar-refractivity contribution is -0.125. The number of ether oxygens (including phenoxy) is 1. The van der Waals surface area contributed by atoms with E-state index in [1.54, 1.807) is 24.3 Å². The van der Waals surface area contributed by atoms with Crippen LogP contribution in [0.1, 0.15) is 21.7 Å². The lowest BCUT2D eigenvalue weighted by atomic mass is 9.95. The van der Waals surface area contributed by atoms with Gasteiger partial charge in [0.1, 0.15) is 11.5 Å². The monoisotopic (exact) mass is 417 g/mol. The second-order valence-electron chi connectivity index (χ2n) is 7.27. The molecule has 1 fully saturated rings. The van der Waals surface area contributed by atoms with Crippen molar-refractivity contribution in [2.75, 3.05) is 13.7 Å². The molecule has 2 aromatic heterocycles. The van der Waals surface area contributed by atoms with Gasteiger partial charge in [-0.2, -0.15) is 0 Å². The molecule has 2 aliphatic heterocycles. The van der Waals surface area contributed by atoms with Crippen LogP contribution in [0.2, 0.25) is 0 Å². The summed E-state index contributed by atoms with van der Waals surface area (Å²) in [6, 6.07) is 9.09. The van der Waals surface area contributed by atoms with E-state index in [2.05, 4.69) is 20.5 Å². The van der Waals surface area contributed by atoms with Crippen molar-refractivity contribution >= 4 is 34.8 Å². The zero-order valence-corrected chi connectivity index (χ0v) is 16.3. The summed E-state index contributed by atoms with van der Waals surface area (Å²) in [5.41, 5.74) is 0.373. The number of benzene rings is 1. The predicted octanol–water partition coefficient (Wildman–Crippen LogP) is 2.08. The number of nitrogens with zero attached hydrogens (tertiary/aromatic N) is 3. The largest absolute Gasteiger partial charge is 0.497 e. The van der Waals surface area contributed by atoms with Crippen molar-refractivity contribution in [1.82, 2.24) is 20.5 Å². The minimum Gasteiger partial charge on any atom is -0.497 e. The van der Waals surface area contributed by atoms with Crippen molar-refractivity contribution in [3.8, 4) is 5.75 Å². The molecule has 5 rings (SSSR count). The van der Waals surface area contributed by atoms with E-state index in [1.165, 1.54) is 24.1 Å². The lowest BCUT2D eigenvalue weighted by Crippen LogP contribution is -2.52. The number of nitrogens with one attached hydrogen (secondary N) is 2. The summed E-state index contributed by atoms with van der Waals surface area (Å²) in [5, 5.41) is 4.85. The highest BCUT2D eigenvalue weighted by atomic mass is 16.5. The maximum absolute atomic E-state index is 13.0. The average Bonchev–Trinajstić information content (AvgIpc) is 3.41. The third-order valence-corrected chi connectivity index (χ3v) is 5.46. The number of furan rings is 1. The van der Waals surface area contributed by atoms with Gasteiger partial charge in [-0.3, -0.25) is 14.9 Å². The molecule has 0 aliphatic carbocycles. The molecule has 3 aromatic rings. The quantitative estimate of drug-likeness (QED) is 0.496. The van der Waals surface area contributed by atoms with Crippen LogP contribution in [-0.4, -0.2) is 41.4 Å². The molecule has 0 bridgehead atoms. The van der Waals surface area contributed by atoms with Gasteiger partial charge in [-0.1, -0.05) is 12.6 Å². The molecule has 0 saturated carbocycles. The van der Waals surface area contributed by atoms with Crippen LogP contribution in [0, 0.1) is 6.57 Å². The highest BCUT2D eigenvalue weighted by Crippen LogP contribution is 2.35. The van der Waals surface area contributed by atoms with Crippen molar-refractivity contribution < 1.29 is 23.5 Å². The zero-order valence-electron chi connectivity index (χ0n) is 16.3. The SMILES string of the molecule is [C-]#[N+]c1ccc2oc([C@]3(CN4Cc5ccc(OC)cc5C4=O)NC(=O)NC3=O)cc2n1. The zero-order chi connectivity index (χ0) is 21.8. The van der Waals surface area contributed by atoms with Gasteiger partial charge in [0.05, 0.1) is 13.7 Å². The molecule has 1 aromatic carbocycles. The molecule has 4 heterocycles. The Morgan fingerprint density at radius 1 is 1.26 bits per heavy atom. The van der Waals surface area contributed by atoms with E-state index in [0.29, 0.717) is 22.4 Å². The third kappa shape index (κ3) is 2.78. The van der Waals surface area contributed by atoms with E-state index in [-0.39, 0.29) is 30.6 Å². The summed E-state index contributed by atoms with van der Waals surface area (Å²) < 4.78 is 11.0. The summed E-state index contributed by atoms with van der Waals surface area (Å²) in [6.45, 7) is 7.24. The maximum atomic E-state index is 13.0. The standard InChI is InChI=1S/C21H15N5O5/c1-22-17-6-5-15-14(23-17)8-16(31-15)21(19(28)24-20(29)25-21)10-26-9-11-3-4-12(30-2)7-13(11)18(26)27/h3-8H,9-10H2,2H3,(H2,24,25,28,29)/t21-/m0/s1. The fourth-order valence-corrected chi connectivity index (χ4v) is 3.92. The van der Waals surface area contributed by atoms with Crippen molar-refractivity contribution in [2.24, 2.45) is 0 Å². The van der Waals surface area contributed by atoms with Crippen LogP contribution in [-0.2, 0) is 16.9 Å². The van der Waals surface area contributed by atoms with Gasteiger partial charge in [0, 0.05) is 18.2 Å². The number of hydrogen-bond acceptors (Lipinski definition) is 6. The van der Waals surface area contributed by atoms with E-state index < -0.39 is 17.5 Å². The predicted molar refractivity (Wildman–Crippen MR) is 106 cm³/mol. The molecule has 4 amide bonds. The van der Waals surface area contributed by atoms with Gasteiger partial charge in [0.2, 0.25) is 0 Å². The second kappa shape index (κ2) is 6.56. The van der Waals surface area contributed by atoms with Crippen LogP contribution >= 0.6 is 0 Å². The smallest absolute Gasteiger partial charge is 0.322 e. The van der Waals surface area contributed by atoms with Crippen LogP contribution in [0.3, 0.4) is 0 Å². The van der Waals surface area contributed by atoms with Crippen molar-refractivity contribution in [3.63, 3.8) is 0 Å². The van der Waals surface area contributed by atoms with Crippen molar-refractivity contribution in [1.29, 1.82) is 0 Å². The van der Waals surface area contributed by atoms with Crippen LogP contribution < -0.4 is 15.4 Å². The molecular weight excluding hydrogens is 402 g/mol. The Morgan fingerprint density at radius 3 is 2.81 bits per heavy atom. The number of imide groups is 1. The van der Waals surface area contributed by atoms with Crippen molar-refractivity contribution in [3.05, 3.63) is 64.7 Å². The molecule has 31 heavy (non-hydrogen) atoms. The van der Waals surface area contributed by atoms with E-state index in [0.717, 1.165) is 5.56 Å². The third-order valence-electron chi connectivity index (χ3n) is 5.46. The Kier molecular flexibility index (Phi) is 3.94. The highest BCUT2D eigenvalue weighted by molar-refractivity contribution is 6.08. The number of hydrogen-bond donors (Lipinski definition) is 2. The summed E-state index contributed by atoms with van der Waals surface area (Å²) in [6.07, 6.45) is 0. The second-order valence-corrected chi connectivity index (χ2v) is 7.27. The number of methoxy groups -OCH3 is 1. The van der Waals surface area contributed by atoms with Gasteiger partial charge in [0.25, 0.3) is 17.6 Å². The first-order chi connectivity index (χ1) is 14.9. The summed E-state index contributed by atoms with van der Waals surface area (Å²) in [5.74, 6) is -0.0701. The topological polar surface area (TPSA) is 118 Å². The number of carbonyl (C=O) groups is 3. The number of aromatic nitrogens is 1. The van der Waals surface area contributed by atoms with Gasteiger partial charge >= 0.3 is 6.03 Å². The first-order valence-electron chi connectivity index (χ1n) is 9.32. The fraction of sp³-hybridized carbons (Fsp3) is 0.190. The van der Waals surface area contributed by atoms with E-state index in [4.69, 9.17) is 15.7 Å². The first-order valence-corrected chi connectivity index (χ1v) is 9.32. The van der Waals surface area contributed by atoms with E-state index >= 15 is 0 Å². The average molecular weight is 417 g/mol. The van der Waals surface area contributed by atoms with Crippen LogP contribution in [0.4, 0.5) is 10.6 Å². The summed E-state index contributed by atoms with van der Waals surface area (Å²) in [7, 11) is 1.52. The number of rotatable bonds is 4. The summed E-state index contributed by atoms with van der Waals surface area (Å²) >= 11 is 0. The minimum atomic E-state index is -1.63. The van der Waals surface area contributed by atoms with E-state index in [9.17, 15) is 14.4 Å². The number of amides is 4. The van der Waals surface area contributed by atoms with Gasteiger partial charge in [-0.25, -0.2) is 4.79 Å². The minimum absolute atomic E-state index is 0.127. The molecule has 2 N–H and O–H groups in total. The van der Waals surface area contributed by atoms with Crippen LogP contribution in [0.25, 0.3) is 15.9 Å². The number of pyridine rings is 1. The molecule has 0 radical (unpaired) electrons. The molecule has 1 atom stereocenters. The molecule has 0 spiro atoms. The number of carbonyl (C=O) groups excluding carboxylic acids is 3.